The summed E-state index contributed by atoms with van der Waals surface area (Å²) in [6.07, 6.45) is 5.58. The highest BCUT2D eigenvalue weighted by molar-refractivity contribution is 7.07. The van der Waals surface area contributed by atoms with Gasteiger partial charge in [-0.3, -0.25) is 0 Å². The first-order chi connectivity index (χ1) is 9.37. The summed E-state index contributed by atoms with van der Waals surface area (Å²) in [5.41, 5.74) is 0.931. The summed E-state index contributed by atoms with van der Waals surface area (Å²) in [6, 6.07) is 2.76. The maximum atomic E-state index is 9.69. The van der Waals surface area contributed by atoms with Gasteiger partial charge in [0.2, 0.25) is 0 Å². The highest BCUT2D eigenvalue weighted by atomic mass is 32.1. The molecule has 20 heavy (non-hydrogen) atoms. The van der Waals surface area contributed by atoms with Crippen molar-refractivity contribution in [1.29, 1.82) is 0 Å². The lowest BCUT2D eigenvalue weighted by Crippen LogP contribution is -2.29. The first kappa shape index (κ1) is 17.7. The minimum absolute atomic E-state index is 0.507. The highest BCUT2D eigenvalue weighted by Gasteiger charge is 2.12. The molecule has 0 fully saturated rings. The van der Waals surface area contributed by atoms with Gasteiger partial charge in [0.15, 0.2) is 0 Å². The van der Waals surface area contributed by atoms with Crippen LogP contribution in [0.15, 0.2) is 16.8 Å². The summed E-state index contributed by atoms with van der Waals surface area (Å²) in [5, 5.41) is 17.7. The van der Waals surface area contributed by atoms with Gasteiger partial charge in [0.25, 0.3) is 0 Å². The number of hydrogen-bond donors (Lipinski definition) is 2. The fourth-order valence-electron chi connectivity index (χ4n) is 2.44. The predicted octanol–water partition coefficient (Wildman–Crippen LogP) is 4.24. The molecule has 0 aromatic carbocycles. The van der Waals surface area contributed by atoms with Gasteiger partial charge >= 0.3 is 0 Å². The van der Waals surface area contributed by atoms with Crippen LogP contribution in [0.2, 0.25) is 0 Å². The van der Waals surface area contributed by atoms with Crippen molar-refractivity contribution in [1.82, 2.24) is 5.32 Å². The smallest absolute Gasteiger partial charge is 0.0591 e. The Morgan fingerprint density at radius 1 is 1.30 bits per heavy atom. The molecular weight excluding hydrogens is 266 g/mol. The van der Waals surface area contributed by atoms with Crippen LogP contribution in [0.1, 0.15) is 58.9 Å². The van der Waals surface area contributed by atoms with Gasteiger partial charge in [-0.15, -0.1) is 0 Å². The van der Waals surface area contributed by atoms with Gasteiger partial charge in [0, 0.05) is 6.04 Å². The van der Waals surface area contributed by atoms with E-state index in [9.17, 15) is 5.11 Å². The normalized spacial score (nSPS) is 15.2. The minimum atomic E-state index is -0.507. The fourth-order valence-corrected chi connectivity index (χ4v) is 3.12. The van der Waals surface area contributed by atoms with Crippen LogP contribution in [0.3, 0.4) is 0 Å². The lowest BCUT2D eigenvalue weighted by Gasteiger charge is -2.19. The van der Waals surface area contributed by atoms with Crippen molar-refractivity contribution >= 4 is 11.3 Å². The maximum Gasteiger partial charge on any atom is 0.0591 e. The number of rotatable bonds is 10. The Morgan fingerprint density at radius 3 is 2.65 bits per heavy atom. The van der Waals surface area contributed by atoms with E-state index in [1.54, 1.807) is 11.3 Å². The molecule has 1 rings (SSSR count). The first-order valence-electron chi connectivity index (χ1n) is 7.83. The summed E-state index contributed by atoms with van der Waals surface area (Å²) in [5.74, 6) is 0.734. The van der Waals surface area contributed by atoms with E-state index in [-0.39, 0.29) is 0 Å². The van der Waals surface area contributed by atoms with Gasteiger partial charge in [-0.05, 0) is 74.9 Å². The number of aliphatic hydroxyl groups is 1. The molecule has 2 atom stereocenters. The average molecular weight is 298 g/mol. The molecular formula is C17H31NOS. The van der Waals surface area contributed by atoms with Crippen molar-refractivity contribution in [2.75, 3.05) is 6.54 Å². The predicted molar refractivity (Wildman–Crippen MR) is 89.4 cm³/mol. The van der Waals surface area contributed by atoms with E-state index >= 15 is 0 Å². The average Bonchev–Trinajstić information content (AvgIpc) is 2.79. The summed E-state index contributed by atoms with van der Waals surface area (Å²) in [6.45, 7) is 9.46. The number of thiophene rings is 1. The maximum absolute atomic E-state index is 9.69. The van der Waals surface area contributed by atoms with E-state index in [2.05, 4.69) is 36.0 Å². The SMILES string of the molecule is C[C@H](CCCC(C)(C)O)CCN[C@H](C)Cc1ccsc1. The van der Waals surface area contributed by atoms with Crippen LogP contribution in [-0.2, 0) is 6.42 Å². The molecule has 2 N–H and O–H groups in total. The van der Waals surface area contributed by atoms with E-state index < -0.39 is 5.60 Å². The van der Waals surface area contributed by atoms with Gasteiger partial charge in [-0.2, -0.15) is 11.3 Å². The molecule has 0 aliphatic rings. The monoisotopic (exact) mass is 297 g/mol. The van der Waals surface area contributed by atoms with Crippen LogP contribution in [0.4, 0.5) is 0 Å². The van der Waals surface area contributed by atoms with Crippen LogP contribution < -0.4 is 5.32 Å². The summed E-state index contributed by atoms with van der Waals surface area (Å²) in [7, 11) is 0. The van der Waals surface area contributed by atoms with E-state index in [1.807, 2.05) is 13.8 Å². The highest BCUT2D eigenvalue weighted by Crippen LogP contribution is 2.17. The molecule has 0 unspecified atom stereocenters. The second-order valence-corrected chi connectivity index (χ2v) is 7.57. The summed E-state index contributed by atoms with van der Waals surface area (Å²) < 4.78 is 0. The third-order valence-corrected chi connectivity index (χ3v) is 4.47. The van der Waals surface area contributed by atoms with E-state index in [0.717, 1.165) is 31.7 Å². The fraction of sp³-hybridized carbons (Fsp3) is 0.765. The topological polar surface area (TPSA) is 32.3 Å². The molecule has 116 valence electrons. The van der Waals surface area contributed by atoms with Crippen LogP contribution in [0.5, 0.6) is 0 Å². The van der Waals surface area contributed by atoms with E-state index in [0.29, 0.717) is 6.04 Å². The molecule has 2 nitrogen and oxygen atoms in total. The molecule has 0 amide bonds. The Kier molecular flexibility index (Phi) is 7.78. The second-order valence-electron chi connectivity index (χ2n) is 6.79. The van der Waals surface area contributed by atoms with Gasteiger partial charge in [0.1, 0.15) is 0 Å². The summed E-state index contributed by atoms with van der Waals surface area (Å²) in [4.78, 5) is 0. The third kappa shape index (κ3) is 8.72. The van der Waals surface area contributed by atoms with Crippen molar-refractivity contribution in [3.05, 3.63) is 22.4 Å². The zero-order valence-corrected chi connectivity index (χ0v) is 14.3. The molecule has 0 bridgehead atoms. The number of nitrogens with one attached hydrogen (secondary N) is 1. The van der Waals surface area contributed by atoms with Crippen molar-refractivity contribution in [3.8, 4) is 0 Å². The first-order valence-corrected chi connectivity index (χ1v) is 8.78. The lowest BCUT2D eigenvalue weighted by atomic mass is 9.95. The molecule has 1 heterocycles. The zero-order chi connectivity index (χ0) is 15.0. The summed E-state index contributed by atoms with van der Waals surface area (Å²) >= 11 is 1.77. The second kappa shape index (κ2) is 8.81. The van der Waals surface area contributed by atoms with Crippen molar-refractivity contribution < 1.29 is 5.11 Å². The van der Waals surface area contributed by atoms with Crippen LogP contribution in [0, 0.1) is 5.92 Å². The molecule has 3 heteroatoms. The molecule has 1 aromatic heterocycles. The van der Waals surface area contributed by atoms with Crippen molar-refractivity contribution in [2.45, 2.75) is 71.4 Å². The Labute approximate surface area is 128 Å². The molecule has 0 aliphatic heterocycles. The van der Waals surface area contributed by atoms with Gasteiger partial charge < -0.3 is 10.4 Å². The largest absolute Gasteiger partial charge is 0.390 e. The van der Waals surface area contributed by atoms with Crippen LogP contribution in [-0.4, -0.2) is 23.3 Å². The van der Waals surface area contributed by atoms with Gasteiger partial charge in [-0.25, -0.2) is 0 Å². The Hall–Kier alpha value is -0.380. The lowest BCUT2D eigenvalue weighted by molar-refractivity contribution is 0.0669. The molecule has 0 saturated heterocycles. The van der Waals surface area contributed by atoms with E-state index in [4.69, 9.17) is 0 Å². The third-order valence-electron chi connectivity index (χ3n) is 3.74. The standard InChI is InChI=1S/C17H31NOS/c1-14(6-5-9-17(3,4)19)7-10-18-15(2)12-16-8-11-20-13-16/h8,11,13-15,18-19H,5-7,9-10,12H2,1-4H3/t14-,15-/m1/s1. The Bertz CT molecular complexity index is 342. The molecule has 0 spiro atoms. The quantitative estimate of drug-likeness (QED) is 0.677. The van der Waals surface area contributed by atoms with Crippen molar-refractivity contribution in [2.24, 2.45) is 5.92 Å². The zero-order valence-electron chi connectivity index (χ0n) is 13.5. The Balaban J connectivity index is 2.05. The number of hydrogen-bond acceptors (Lipinski definition) is 3. The molecule has 0 aliphatic carbocycles. The van der Waals surface area contributed by atoms with Crippen LogP contribution >= 0.6 is 11.3 Å². The van der Waals surface area contributed by atoms with E-state index in [1.165, 1.54) is 18.4 Å². The van der Waals surface area contributed by atoms with Crippen LogP contribution in [0.25, 0.3) is 0 Å². The van der Waals surface area contributed by atoms with Gasteiger partial charge in [0.05, 0.1) is 5.60 Å². The van der Waals surface area contributed by atoms with Gasteiger partial charge in [-0.1, -0.05) is 19.8 Å². The van der Waals surface area contributed by atoms with Crippen molar-refractivity contribution in [3.63, 3.8) is 0 Å². The minimum Gasteiger partial charge on any atom is -0.390 e. The molecule has 0 radical (unpaired) electrons. The Morgan fingerprint density at radius 2 is 2.05 bits per heavy atom. The molecule has 0 saturated carbocycles. The molecule has 1 aromatic rings.